The first kappa shape index (κ1) is 66.7. The Morgan fingerprint density at radius 3 is 1.18 bits per heavy atom. The lowest BCUT2D eigenvalue weighted by Crippen LogP contribution is -2.34. The molecule has 0 aromatic heterocycles. The van der Waals surface area contributed by atoms with E-state index < -0.39 is 92.7 Å². The van der Waals surface area contributed by atoms with Gasteiger partial charge in [-0.1, -0.05) is 83.1 Å². The summed E-state index contributed by atoms with van der Waals surface area (Å²) in [6.45, 7) is 22.2. The summed E-state index contributed by atoms with van der Waals surface area (Å²) >= 11 is 0. The molecule has 8 amide bonds. The molecular weight excluding hydrogens is 1070 g/mol. The Hall–Kier alpha value is -9.55. The maximum atomic E-state index is 13.2. The lowest BCUT2D eigenvalue weighted by molar-refractivity contribution is -0.119. The lowest BCUT2D eigenvalue weighted by atomic mass is 9.72. The van der Waals surface area contributed by atoms with Crippen molar-refractivity contribution >= 4 is 104 Å². The van der Waals surface area contributed by atoms with Crippen molar-refractivity contribution in [2.75, 3.05) is 44.3 Å². The molecule has 0 atom stereocenters. The molecule has 1 aliphatic rings. The van der Waals surface area contributed by atoms with Gasteiger partial charge in [-0.05, 0) is 32.0 Å². The molecule has 0 aliphatic heterocycles. The maximum absolute atomic E-state index is 13.2. The number of Topliss-reactive ketones (excluding diaryl/α,β-unsaturated/α-hetero) is 4. The molecule has 0 spiro atoms. The van der Waals surface area contributed by atoms with Crippen LogP contribution in [0.2, 0.25) is 0 Å². The molecule has 0 unspecified atom stereocenters. The molecule has 0 heterocycles. The first-order valence-corrected chi connectivity index (χ1v) is 25.7. The Labute approximate surface area is 473 Å². The van der Waals surface area contributed by atoms with E-state index in [0.717, 1.165) is 18.2 Å². The minimum Gasteiger partial charge on any atom is -0.507 e. The van der Waals surface area contributed by atoms with Gasteiger partial charge >= 0.3 is 6.03 Å². The molecule has 25 heteroatoms. The van der Waals surface area contributed by atoms with Gasteiger partial charge in [0.25, 0.3) is 5.91 Å². The van der Waals surface area contributed by atoms with Crippen LogP contribution in [0.5, 0.6) is 34.5 Å². The van der Waals surface area contributed by atoms with E-state index >= 15 is 0 Å². The molecule has 0 saturated heterocycles. The number of anilines is 7. The number of urea groups is 1. The van der Waals surface area contributed by atoms with Crippen LogP contribution in [0.25, 0.3) is 0 Å². The summed E-state index contributed by atoms with van der Waals surface area (Å²) in [5.74, 6) is -9.54. The molecule has 25 nitrogen and oxygen atoms in total. The van der Waals surface area contributed by atoms with Crippen molar-refractivity contribution in [2.45, 2.75) is 103 Å². The minimum atomic E-state index is -1.05. The average Bonchev–Trinajstić information content (AvgIpc) is 3.10. The third-order valence-electron chi connectivity index (χ3n) is 12.1. The summed E-state index contributed by atoms with van der Waals surface area (Å²) in [7, 11) is 1.35. The van der Waals surface area contributed by atoms with Crippen LogP contribution in [0, 0.1) is 35.0 Å². The van der Waals surface area contributed by atoms with Crippen molar-refractivity contribution in [1.29, 1.82) is 0 Å². The van der Waals surface area contributed by atoms with Gasteiger partial charge in [-0.2, -0.15) is 0 Å². The molecule has 0 fully saturated rings. The molecule has 0 radical (unpaired) electrons. The van der Waals surface area contributed by atoms with Gasteiger partial charge in [-0.25, -0.2) is 4.79 Å². The number of phenols is 6. The van der Waals surface area contributed by atoms with Gasteiger partial charge < -0.3 is 73.2 Å². The number of ketones is 4. The van der Waals surface area contributed by atoms with E-state index in [-0.39, 0.29) is 115 Å². The number of carbonyl (C=O) groups is 11. The fraction of sp³-hybridized carbons (Fsp3) is 0.386. The predicted octanol–water partition coefficient (Wildman–Crippen LogP) is 8.47. The Bertz CT molecular complexity index is 3210. The van der Waals surface area contributed by atoms with E-state index in [2.05, 4.69) is 42.5 Å². The summed E-state index contributed by atoms with van der Waals surface area (Å²) in [5.41, 5.74) is -2.54. The van der Waals surface area contributed by atoms with Gasteiger partial charge in [0.1, 0.15) is 22.9 Å². The second-order valence-electron chi connectivity index (χ2n) is 21.2. The highest BCUT2D eigenvalue weighted by Gasteiger charge is 2.43. The molecule has 0 saturated carbocycles. The second-order valence-corrected chi connectivity index (χ2v) is 21.2. The third-order valence-corrected chi connectivity index (χ3v) is 12.1. The van der Waals surface area contributed by atoms with Gasteiger partial charge in [-0.3, -0.25) is 47.9 Å². The van der Waals surface area contributed by atoms with Crippen LogP contribution in [-0.4, -0.2) is 102 Å². The van der Waals surface area contributed by atoms with Gasteiger partial charge in [0, 0.05) is 83.6 Å². The smallest absolute Gasteiger partial charge is 0.319 e. The number of aromatic hydroxyl groups is 6. The van der Waals surface area contributed by atoms with Crippen molar-refractivity contribution in [3.63, 3.8) is 0 Å². The zero-order valence-corrected chi connectivity index (χ0v) is 48.2. The molecule has 82 heavy (non-hydrogen) atoms. The number of nitrogens with one attached hydrogen (secondary N) is 8. The minimum absolute atomic E-state index is 0.0146. The standard InChI is InChI=1S/C27H31N3O7.C16H22N2O5.C14H19N3O5/c1-12(2)24(35)28-15-7-14(8-16(9-15)29-25(36)13(3)4)26(37)30-17-10-18(31)21-20(22(17)33)19(32)11-27(5,6)23(21)34;1-7(2)15(22)17-10-6-11(20)12(9(5)19)13(14(10)21)18-16(23)8(3)4;1-6(2)13(21)16-8-5-9(19)10(7(3)18)11(12(8)20)17-14(22)15-4/h7-10,12-13,31,33H,11H2,1-6H3,(H,28,35)(H,29,36)(H,30,37);6-8,20-21H,1-5H3,(H,17,22)(H,18,23);5-6,19-20H,1-4H3,(H,16,21)(H2,15,17,22). The third kappa shape index (κ3) is 16.5. The summed E-state index contributed by atoms with van der Waals surface area (Å²) in [4.78, 5) is 133. The number of amides is 8. The number of benzene rings is 4. The lowest BCUT2D eigenvalue weighted by Gasteiger charge is -2.29. The van der Waals surface area contributed by atoms with Gasteiger partial charge in [0.2, 0.25) is 29.5 Å². The quantitative estimate of drug-likeness (QED) is 0.0301. The predicted molar refractivity (Wildman–Crippen MR) is 306 cm³/mol. The molecule has 5 rings (SSSR count). The van der Waals surface area contributed by atoms with Crippen molar-refractivity contribution in [1.82, 2.24) is 5.32 Å². The second kappa shape index (κ2) is 27.6. The van der Waals surface area contributed by atoms with Gasteiger partial charge in [-0.15, -0.1) is 0 Å². The molecule has 4 aromatic rings. The molecular formula is C57H72N8O17. The number of fused-ring (bicyclic) bond motifs is 1. The van der Waals surface area contributed by atoms with Gasteiger partial charge in [0.05, 0.1) is 45.0 Å². The van der Waals surface area contributed by atoms with E-state index in [1.807, 2.05) is 0 Å². The number of hydrogen-bond donors (Lipinski definition) is 14. The topological polar surface area (TPSA) is 405 Å². The van der Waals surface area contributed by atoms with Crippen molar-refractivity contribution in [3.05, 3.63) is 64.2 Å². The number of hydrogen-bond acceptors (Lipinski definition) is 17. The summed E-state index contributed by atoms with van der Waals surface area (Å²) in [5, 5.41) is 81.4. The highest BCUT2D eigenvalue weighted by Crippen LogP contribution is 2.46. The van der Waals surface area contributed by atoms with Crippen LogP contribution < -0.4 is 42.5 Å². The van der Waals surface area contributed by atoms with Crippen molar-refractivity contribution < 1.29 is 83.4 Å². The number of rotatable bonds is 15. The van der Waals surface area contributed by atoms with Crippen LogP contribution in [0.3, 0.4) is 0 Å². The van der Waals surface area contributed by atoms with Crippen LogP contribution in [-0.2, 0) is 24.0 Å². The molecule has 442 valence electrons. The molecule has 14 N–H and O–H groups in total. The first-order chi connectivity index (χ1) is 37.9. The summed E-state index contributed by atoms with van der Waals surface area (Å²) < 4.78 is 0. The molecule has 0 bridgehead atoms. The highest BCUT2D eigenvalue weighted by molar-refractivity contribution is 6.21. The molecule has 4 aromatic carbocycles. The Kier molecular flexibility index (Phi) is 22.4. The fourth-order valence-corrected chi connectivity index (χ4v) is 7.30. The zero-order chi connectivity index (χ0) is 62.7. The largest absolute Gasteiger partial charge is 0.507 e. The van der Waals surface area contributed by atoms with Crippen LogP contribution >= 0.6 is 0 Å². The van der Waals surface area contributed by atoms with Gasteiger partial charge in [0.15, 0.2) is 40.4 Å². The van der Waals surface area contributed by atoms with E-state index in [1.165, 1.54) is 39.1 Å². The number of carbonyl (C=O) groups excluding carboxylic acids is 11. The zero-order valence-electron chi connectivity index (χ0n) is 48.2. The summed E-state index contributed by atoms with van der Waals surface area (Å²) in [6.07, 6.45) is -0.167. The van der Waals surface area contributed by atoms with E-state index in [1.54, 1.807) is 83.1 Å². The Morgan fingerprint density at radius 2 is 0.805 bits per heavy atom. The fourth-order valence-electron chi connectivity index (χ4n) is 7.30. The Balaban J connectivity index is 0.000000341. The van der Waals surface area contributed by atoms with Crippen LogP contribution in [0.1, 0.15) is 155 Å². The Morgan fingerprint density at radius 1 is 0.451 bits per heavy atom. The van der Waals surface area contributed by atoms with E-state index in [0.29, 0.717) is 0 Å². The van der Waals surface area contributed by atoms with Crippen molar-refractivity contribution in [2.24, 2.45) is 35.0 Å². The summed E-state index contributed by atoms with van der Waals surface area (Å²) in [6, 6.07) is 6.72. The SMILES string of the molecule is CC(=O)c1c(O)cc(NC(=O)C(C)C)c(O)c1NC(=O)C(C)C.CC(C)C(=O)Nc1cc(NC(=O)C(C)C)cc(C(=O)Nc2cc(O)c3c(c2O)C(=O)CC(C)(C)C3=O)c1.CNC(=O)Nc1c(O)c(NC(=O)C(C)C)cc(O)c1C(C)=O. The average molecular weight is 1140 g/mol. The first-order valence-electron chi connectivity index (χ1n) is 25.7. The highest BCUT2D eigenvalue weighted by atomic mass is 16.3. The molecule has 1 aliphatic carbocycles. The normalized spacial score (nSPS) is 12.2. The van der Waals surface area contributed by atoms with Crippen molar-refractivity contribution in [3.8, 4) is 34.5 Å². The maximum Gasteiger partial charge on any atom is 0.319 e. The van der Waals surface area contributed by atoms with E-state index in [9.17, 15) is 83.4 Å². The number of phenolic OH excluding ortho intramolecular Hbond substituents is 6. The van der Waals surface area contributed by atoms with E-state index in [4.69, 9.17) is 0 Å². The monoisotopic (exact) mass is 1140 g/mol. The van der Waals surface area contributed by atoms with Crippen LogP contribution in [0.15, 0.2) is 36.4 Å². The van der Waals surface area contributed by atoms with Crippen LogP contribution in [0.4, 0.5) is 44.6 Å².